The van der Waals surface area contributed by atoms with Gasteiger partial charge in [0.2, 0.25) is 0 Å². The summed E-state index contributed by atoms with van der Waals surface area (Å²) in [6.45, 7) is 0. The summed E-state index contributed by atoms with van der Waals surface area (Å²) in [5.41, 5.74) is 15.7. The molecule has 0 bridgehead atoms. The fourth-order valence-electron chi connectivity index (χ4n) is 17.9. The van der Waals surface area contributed by atoms with E-state index in [2.05, 4.69) is 48.6 Å². The van der Waals surface area contributed by atoms with Crippen LogP contribution < -0.4 is 15.7 Å². The summed E-state index contributed by atoms with van der Waals surface area (Å²) in [4.78, 5) is 12.7. The molecule has 9 atom stereocenters. The lowest BCUT2D eigenvalue weighted by atomic mass is 9.61. The molecule has 0 heterocycles. The van der Waals surface area contributed by atoms with Crippen LogP contribution in [0.3, 0.4) is 0 Å². The van der Waals surface area contributed by atoms with Crippen LogP contribution in [0.1, 0.15) is 96.1 Å². The number of esters is 1. The Balaban J connectivity index is 1.14. The van der Waals surface area contributed by atoms with Gasteiger partial charge in [-0.15, -0.1) is 0 Å². The number of carbonyl (C=O) groups is 1. The summed E-state index contributed by atoms with van der Waals surface area (Å²) in [5.74, 6) is 4.31. The van der Waals surface area contributed by atoms with Crippen molar-refractivity contribution in [2.45, 2.75) is 73.5 Å². The third kappa shape index (κ3) is 1.83. The first-order valence-electron chi connectivity index (χ1n) is 20.4. The molecule has 2 heteroatoms. The lowest BCUT2D eigenvalue weighted by Crippen LogP contribution is -2.37. The van der Waals surface area contributed by atoms with Crippen LogP contribution in [0.15, 0.2) is 42.5 Å². The summed E-state index contributed by atoms with van der Waals surface area (Å²) in [6, 6.07) is 14.4. The Labute approximate surface area is 297 Å². The zero-order valence-electron chi connectivity index (χ0n) is 28.9. The van der Waals surface area contributed by atoms with Crippen LogP contribution in [0.25, 0.3) is 87.4 Å². The van der Waals surface area contributed by atoms with Crippen molar-refractivity contribution in [3.05, 3.63) is 91.5 Å². The molecule has 3 fully saturated rings. The molecule has 9 unspecified atom stereocenters. The molecule has 3 saturated carbocycles. The van der Waals surface area contributed by atoms with E-state index in [1.165, 1.54) is 31.2 Å². The summed E-state index contributed by atoms with van der Waals surface area (Å²) in [5, 5.41) is 25.3. The van der Waals surface area contributed by atoms with Gasteiger partial charge in [-0.1, -0.05) is 48.1 Å². The Kier molecular flexibility index (Phi) is 3.15. The van der Waals surface area contributed by atoms with Crippen molar-refractivity contribution < 1.29 is 9.53 Å². The second kappa shape index (κ2) is 6.68. The fraction of sp³-hybridized carbons (Fsp3) is 0.340. The van der Waals surface area contributed by atoms with E-state index < -0.39 is 0 Å². The van der Waals surface area contributed by atoms with Gasteiger partial charge in [0, 0.05) is 40.9 Å². The smallest absolute Gasteiger partial charge is 0.305 e. The minimum absolute atomic E-state index is 0.0330. The van der Waals surface area contributed by atoms with Crippen LogP contribution in [0, 0.1) is 23.7 Å². The molecule has 0 aliphatic heterocycles. The zero-order chi connectivity index (χ0) is 32.8. The van der Waals surface area contributed by atoms with E-state index in [9.17, 15) is 4.79 Å². The van der Waals surface area contributed by atoms with E-state index >= 15 is 0 Å². The van der Waals surface area contributed by atoms with E-state index in [0.717, 1.165) is 24.7 Å². The number of carbonyl (C=O) groups excluding carboxylic acids is 1. The molecular formula is C50H32O2. The Hall–Kier alpha value is -4.69. The number of hydrogen-bond acceptors (Lipinski definition) is 2. The molecule has 0 radical (unpaired) electrons. The fourth-order valence-corrected chi connectivity index (χ4v) is 17.9. The summed E-state index contributed by atoms with van der Waals surface area (Å²) < 4.78 is 5.24. The van der Waals surface area contributed by atoms with Gasteiger partial charge in [0.15, 0.2) is 0 Å². The summed E-state index contributed by atoms with van der Waals surface area (Å²) in [6.07, 6.45) is 13.3. The minimum atomic E-state index is -0.0719. The van der Waals surface area contributed by atoms with Crippen molar-refractivity contribution in [2.75, 3.05) is 7.11 Å². The lowest BCUT2D eigenvalue weighted by Gasteiger charge is -2.42. The SMILES string of the molecule is COC(=O)CCCC1(c2ccccc2)C2c3cc4c5c6c7c8c9c%10c%11c%12c%13c%14c(c%15c3c(c46)c8c%15c%13%10)C21CC%14C=C%12CC1CC2CC(C=5)C7C=9C2C=%111. The van der Waals surface area contributed by atoms with Gasteiger partial charge in [-0.05, 0) is 187 Å². The Bertz CT molecular complexity index is 3490. The first kappa shape index (κ1) is 24.5. The Morgan fingerprint density at radius 2 is 1.69 bits per heavy atom. The summed E-state index contributed by atoms with van der Waals surface area (Å²) in [7, 11) is 1.55. The molecule has 0 amide bonds. The highest BCUT2D eigenvalue weighted by Gasteiger charge is 2.81. The van der Waals surface area contributed by atoms with Gasteiger partial charge >= 0.3 is 5.97 Å². The van der Waals surface area contributed by atoms with Gasteiger partial charge in [-0.2, -0.15) is 0 Å². The van der Waals surface area contributed by atoms with Crippen molar-refractivity contribution in [3.8, 4) is 0 Å². The molecule has 10 aliphatic carbocycles. The number of fused-ring (bicyclic) bond motifs is 2. The van der Waals surface area contributed by atoms with Crippen molar-refractivity contribution >= 4 is 93.4 Å². The average molecular weight is 665 g/mol. The number of methoxy groups -OCH3 is 1. The Morgan fingerprint density at radius 3 is 2.60 bits per heavy atom. The number of benzene rings is 5. The molecule has 0 saturated heterocycles. The maximum absolute atomic E-state index is 12.7. The van der Waals surface area contributed by atoms with Gasteiger partial charge in [-0.3, -0.25) is 4.79 Å². The van der Waals surface area contributed by atoms with E-state index in [-0.39, 0.29) is 16.8 Å². The minimum Gasteiger partial charge on any atom is -0.469 e. The van der Waals surface area contributed by atoms with Crippen LogP contribution in [0.2, 0.25) is 0 Å². The average Bonchev–Trinajstić information content (AvgIpc) is 3.74. The van der Waals surface area contributed by atoms with Crippen molar-refractivity contribution in [2.24, 2.45) is 23.7 Å². The second-order valence-corrected chi connectivity index (χ2v) is 19.4. The third-order valence-electron chi connectivity index (χ3n) is 18.5. The topological polar surface area (TPSA) is 26.3 Å². The van der Waals surface area contributed by atoms with E-state index in [4.69, 9.17) is 4.74 Å². The van der Waals surface area contributed by atoms with Gasteiger partial charge in [0.25, 0.3) is 0 Å². The molecule has 8 aromatic rings. The molecule has 8 aromatic carbocycles. The summed E-state index contributed by atoms with van der Waals surface area (Å²) >= 11 is 0. The third-order valence-corrected chi connectivity index (χ3v) is 18.5. The predicted molar refractivity (Wildman–Crippen MR) is 206 cm³/mol. The van der Waals surface area contributed by atoms with Crippen molar-refractivity contribution in [3.63, 3.8) is 0 Å². The highest BCUT2D eigenvalue weighted by molar-refractivity contribution is 6.51. The highest BCUT2D eigenvalue weighted by atomic mass is 16.5. The molecule has 0 aromatic heterocycles. The molecule has 2 nitrogen and oxygen atoms in total. The molecule has 1 spiro atoms. The van der Waals surface area contributed by atoms with Crippen LogP contribution in [0.4, 0.5) is 0 Å². The monoisotopic (exact) mass is 664 g/mol. The van der Waals surface area contributed by atoms with E-state index in [0.29, 0.717) is 36.0 Å². The first-order valence-corrected chi connectivity index (χ1v) is 20.4. The van der Waals surface area contributed by atoms with E-state index in [1.807, 2.05) is 11.1 Å². The largest absolute Gasteiger partial charge is 0.469 e. The Morgan fingerprint density at radius 1 is 0.827 bits per heavy atom. The van der Waals surface area contributed by atoms with Gasteiger partial charge in [0.05, 0.1) is 7.11 Å². The van der Waals surface area contributed by atoms with Crippen LogP contribution in [0.5, 0.6) is 0 Å². The maximum Gasteiger partial charge on any atom is 0.305 e. The molecule has 18 rings (SSSR count). The molecular weight excluding hydrogens is 633 g/mol. The molecule has 244 valence electrons. The quantitative estimate of drug-likeness (QED) is 0.136. The predicted octanol–water partition coefficient (Wildman–Crippen LogP) is 8.47. The number of rotatable bonds is 5. The molecule has 10 aliphatic rings. The lowest BCUT2D eigenvalue weighted by molar-refractivity contribution is -0.140. The maximum atomic E-state index is 12.7. The van der Waals surface area contributed by atoms with Crippen LogP contribution in [-0.2, 0) is 20.4 Å². The molecule has 0 N–H and O–H groups in total. The number of allylic oxidation sites excluding steroid dienone is 2. The highest BCUT2D eigenvalue weighted by Crippen LogP contribution is 2.87. The van der Waals surface area contributed by atoms with Gasteiger partial charge < -0.3 is 4.74 Å². The van der Waals surface area contributed by atoms with Gasteiger partial charge in [0.1, 0.15) is 0 Å². The second-order valence-electron chi connectivity index (χ2n) is 19.4. The number of hydrogen-bond donors (Lipinski definition) is 0. The van der Waals surface area contributed by atoms with Crippen molar-refractivity contribution in [1.82, 2.24) is 0 Å². The normalized spacial score (nSPS) is 35.9. The number of ether oxygens (including phenoxy) is 1. The standard InChI is InChI=1S/C50H32O2/c1-52-26(51)8-5-9-49(22-6-3-2-4-7-22)48-25-15-24-23-14-20-12-18-10-17-11-19-13-21-16-50(48,49)47-31(21)37-29(19)35-27(17)28(18)36-30(20)38-32(23)33(24)39-34(25)46(47)45-42(37)40(35)41(36)43(38)44(39)45/h2-4,6-7,13-15,17-18,20-21,28,30,48H,5,8-12,16H2,1H3. The first-order chi connectivity index (χ1) is 25.7. The molecule has 52 heavy (non-hydrogen) atoms. The van der Waals surface area contributed by atoms with Crippen molar-refractivity contribution in [1.29, 1.82) is 0 Å². The zero-order valence-corrected chi connectivity index (χ0v) is 28.9. The van der Waals surface area contributed by atoms with Crippen LogP contribution in [-0.4, -0.2) is 13.1 Å². The van der Waals surface area contributed by atoms with Crippen LogP contribution >= 0.6 is 0 Å². The van der Waals surface area contributed by atoms with Gasteiger partial charge in [-0.25, -0.2) is 0 Å². The van der Waals surface area contributed by atoms with E-state index in [1.54, 1.807) is 121 Å².